The molecular weight excluding hydrogens is 274 g/mol. The van der Waals surface area contributed by atoms with Crippen LogP contribution in [0, 0.1) is 5.92 Å². The predicted octanol–water partition coefficient (Wildman–Crippen LogP) is 1.85. The van der Waals surface area contributed by atoms with Gasteiger partial charge in [-0.05, 0) is 31.6 Å². The third-order valence-electron chi connectivity index (χ3n) is 4.06. The second kappa shape index (κ2) is 8.97. The summed E-state index contributed by atoms with van der Waals surface area (Å²) in [5, 5.41) is 0. The highest BCUT2D eigenvalue weighted by atomic mass is 32.2. The highest BCUT2D eigenvalue weighted by Gasteiger charge is 2.29. The van der Waals surface area contributed by atoms with Crippen LogP contribution in [-0.2, 0) is 10.2 Å². The van der Waals surface area contributed by atoms with Gasteiger partial charge in [0.1, 0.15) is 0 Å². The van der Waals surface area contributed by atoms with Gasteiger partial charge in [-0.15, -0.1) is 0 Å². The van der Waals surface area contributed by atoms with Crippen LogP contribution in [0.1, 0.15) is 58.8 Å². The number of nitrogens with one attached hydrogen (secondary N) is 1. The number of rotatable bonds is 9. The van der Waals surface area contributed by atoms with Crippen LogP contribution in [0.3, 0.4) is 0 Å². The molecule has 0 bridgehead atoms. The Balaban J connectivity index is 2.69. The smallest absolute Gasteiger partial charge is 0.279 e. The Bertz CT molecular complexity index is 347. The van der Waals surface area contributed by atoms with Crippen molar-refractivity contribution in [3.63, 3.8) is 0 Å². The van der Waals surface area contributed by atoms with E-state index in [-0.39, 0.29) is 6.04 Å². The summed E-state index contributed by atoms with van der Waals surface area (Å²) in [5.41, 5.74) is 5.81. The average molecular weight is 305 g/mol. The topological polar surface area (TPSA) is 75.4 Å². The van der Waals surface area contributed by atoms with Gasteiger partial charge in [-0.1, -0.05) is 33.1 Å². The lowest BCUT2D eigenvalue weighted by atomic mass is 9.84. The van der Waals surface area contributed by atoms with E-state index in [2.05, 4.69) is 4.72 Å². The molecule has 0 heterocycles. The number of nitrogens with zero attached hydrogens (tertiary/aromatic N) is 1. The lowest BCUT2D eigenvalue weighted by Gasteiger charge is -2.32. The van der Waals surface area contributed by atoms with E-state index in [1.165, 1.54) is 19.3 Å². The molecule has 1 atom stereocenters. The molecule has 5 nitrogen and oxygen atoms in total. The number of nitrogens with two attached hydrogens (primary N) is 1. The predicted molar refractivity (Wildman–Crippen MR) is 83.6 cm³/mol. The van der Waals surface area contributed by atoms with Crippen LogP contribution in [0.2, 0.25) is 0 Å². The van der Waals surface area contributed by atoms with E-state index in [0.717, 1.165) is 25.7 Å². The first-order valence-corrected chi connectivity index (χ1v) is 9.46. The maximum atomic E-state index is 12.5. The van der Waals surface area contributed by atoms with Crippen molar-refractivity contribution in [3.05, 3.63) is 0 Å². The summed E-state index contributed by atoms with van der Waals surface area (Å²) in [6.07, 6.45) is 7.48. The zero-order valence-corrected chi connectivity index (χ0v) is 13.8. The van der Waals surface area contributed by atoms with Gasteiger partial charge >= 0.3 is 0 Å². The van der Waals surface area contributed by atoms with Gasteiger partial charge in [0.05, 0.1) is 0 Å². The Morgan fingerprint density at radius 3 is 2.15 bits per heavy atom. The van der Waals surface area contributed by atoms with Gasteiger partial charge in [0.2, 0.25) is 0 Å². The molecule has 0 aromatic carbocycles. The summed E-state index contributed by atoms with van der Waals surface area (Å²) < 4.78 is 29.4. The third-order valence-corrected chi connectivity index (χ3v) is 5.70. The second-order valence-electron chi connectivity index (χ2n) is 5.76. The zero-order chi connectivity index (χ0) is 15.0. The van der Waals surface area contributed by atoms with Gasteiger partial charge in [-0.3, -0.25) is 0 Å². The molecule has 0 saturated heterocycles. The fourth-order valence-corrected chi connectivity index (χ4v) is 4.66. The van der Waals surface area contributed by atoms with Crippen LogP contribution >= 0.6 is 0 Å². The van der Waals surface area contributed by atoms with Crippen LogP contribution in [0.4, 0.5) is 0 Å². The maximum absolute atomic E-state index is 12.5. The molecule has 1 aliphatic carbocycles. The quantitative estimate of drug-likeness (QED) is 0.682. The number of hydrogen-bond acceptors (Lipinski definition) is 3. The van der Waals surface area contributed by atoms with Crippen molar-refractivity contribution in [3.8, 4) is 0 Å². The zero-order valence-electron chi connectivity index (χ0n) is 13.0. The molecule has 0 radical (unpaired) electrons. The van der Waals surface area contributed by atoms with Crippen LogP contribution in [0.25, 0.3) is 0 Å². The van der Waals surface area contributed by atoms with Gasteiger partial charge in [-0.2, -0.15) is 17.4 Å². The third kappa shape index (κ3) is 5.31. The average Bonchev–Trinajstić information content (AvgIpc) is 2.45. The highest BCUT2D eigenvalue weighted by Crippen LogP contribution is 2.26. The molecule has 0 aliphatic heterocycles. The normalized spacial score (nSPS) is 19.4. The standard InChI is InChI=1S/C14H31N3O2S/c1-3-10-17(11-4-2)20(18,19)16-14(12-15)13-8-6-5-7-9-13/h13-14,16H,3-12,15H2,1-2H3. The molecular formula is C14H31N3O2S. The molecule has 20 heavy (non-hydrogen) atoms. The van der Waals surface area contributed by atoms with Crippen LogP contribution in [0.5, 0.6) is 0 Å². The van der Waals surface area contributed by atoms with E-state index in [9.17, 15) is 8.42 Å². The number of hydrogen-bond donors (Lipinski definition) is 2. The minimum atomic E-state index is -3.40. The monoisotopic (exact) mass is 305 g/mol. The summed E-state index contributed by atoms with van der Waals surface area (Å²) in [6, 6.07) is -0.114. The Labute approximate surface area is 124 Å². The minimum Gasteiger partial charge on any atom is -0.329 e. The van der Waals surface area contributed by atoms with E-state index >= 15 is 0 Å². The van der Waals surface area contributed by atoms with Crippen LogP contribution in [0.15, 0.2) is 0 Å². The molecule has 1 rings (SSSR count). The Morgan fingerprint density at radius 2 is 1.70 bits per heavy atom. The largest absolute Gasteiger partial charge is 0.329 e. The molecule has 1 unspecified atom stereocenters. The molecule has 0 aromatic heterocycles. The first-order valence-electron chi connectivity index (χ1n) is 8.02. The fraction of sp³-hybridized carbons (Fsp3) is 1.00. The molecule has 3 N–H and O–H groups in total. The molecule has 0 aromatic rings. The second-order valence-corrected chi connectivity index (χ2v) is 7.46. The highest BCUT2D eigenvalue weighted by molar-refractivity contribution is 7.87. The molecule has 1 saturated carbocycles. The van der Waals surface area contributed by atoms with Crippen molar-refractivity contribution < 1.29 is 8.42 Å². The molecule has 1 aliphatic rings. The van der Waals surface area contributed by atoms with E-state index < -0.39 is 10.2 Å². The molecule has 120 valence electrons. The van der Waals surface area contributed by atoms with Gasteiger partial charge in [0.25, 0.3) is 10.2 Å². The first kappa shape index (κ1) is 17.9. The molecule has 0 spiro atoms. The van der Waals surface area contributed by atoms with Crippen LogP contribution < -0.4 is 10.5 Å². The lowest BCUT2D eigenvalue weighted by molar-refractivity contribution is 0.287. The van der Waals surface area contributed by atoms with Gasteiger partial charge < -0.3 is 5.73 Å². The minimum absolute atomic E-state index is 0.114. The summed E-state index contributed by atoms with van der Waals surface area (Å²) in [5.74, 6) is 0.397. The van der Waals surface area contributed by atoms with Gasteiger partial charge in [-0.25, -0.2) is 0 Å². The van der Waals surface area contributed by atoms with E-state index in [1.54, 1.807) is 4.31 Å². The van der Waals surface area contributed by atoms with Crippen molar-refractivity contribution in [2.75, 3.05) is 19.6 Å². The molecule has 6 heteroatoms. The van der Waals surface area contributed by atoms with Gasteiger partial charge in [0.15, 0.2) is 0 Å². The van der Waals surface area contributed by atoms with Crippen molar-refractivity contribution in [2.45, 2.75) is 64.8 Å². The van der Waals surface area contributed by atoms with Crippen molar-refractivity contribution in [2.24, 2.45) is 11.7 Å². The van der Waals surface area contributed by atoms with Gasteiger partial charge in [0, 0.05) is 25.7 Å². The van der Waals surface area contributed by atoms with E-state index in [1.807, 2.05) is 13.8 Å². The summed E-state index contributed by atoms with van der Waals surface area (Å²) in [4.78, 5) is 0. The maximum Gasteiger partial charge on any atom is 0.279 e. The Hall–Kier alpha value is -0.170. The summed E-state index contributed by atoms with van der Waals surface area (Å²) >= 11 is 0. The van der Waals surface area contributed by atoms with Crippen molar-refractivity contribution in [1.29, 1.82) is 0 Å². The summed E-state index contributed by atoms with van der Waals surface area (Å²) in [7, 11) is -3.40. The molecule has 0 amide bonds. The first-order chi connectivity index (χ1) is 9.55. The lowest BCUT2D eigenvalue weighted by Crippen LogP contribution is -2.51. The van der Waals surface area contributed by atoms with E-state index in [4.69, 9.17) is 5.73 Å². The fourth-order valence-electron chi connectivity index (χ4n) is 2.99. The molecule has 1 fully saturated rings. The summed E-state index contributed by atoms with van der Waals surface area (Å²) in [6.45, 7) is 5.53. The van der Waals surface area contributed by atoms with E-state index in [0.29, 0.717) is 25.6 Å². The van der Waals surface area contributed by atoms with Crippen molar-refractivity contribution >= 4 is 10.2 Å². The van der Waals surface area contributed by atoms with Crippen molar-refractivity contribution in [1.82, 2.24) is 9.03 Å². The Kier molecular flexibility index (Phi) is 8.02. The SMILES string of the molecule is CCCN(CCC)S(=O)(=O)NC(CN)C1CCCCC1. The Morgan fingerprint density at radius 1 is 1.15 bits per heavy atom. The van der Waals surface area contributed by atoms with Crippen LogP contribution in [-0.4, -0.2) is 38.4 Å².